The Morgan fingerprint density at radius 3 is 2.50 bits per heavy atom. The molecule has 7 heteroatoms. The van der Waals surface area contributed by atoms with E-state index in [9.17, 15) is 8.42 Å². The number of aromatic nitrogens is 2. The van der Waals surface area contributed by atoms with Crippen molar-refractivity contribution < 1.29 is 8.42 Å². The van der Waals surface area contributed by atoms with Gasteiger partial charge in [0.2, 0.25) is 0 Å². The van der Waals surface area contributed by atoms with Gasteiger partial charge < -0.3 is 4.57 Å². The molecule has 0 spiro atoms. The number of aryl methyl sites for hydroxylation is 2. The number of hydrogen-bond acceptors (Lipinski definition) is 3. The summed E-state index contributed by atoms with van der Waals surface area (Å²) in [4.78, 5) is 4.16. The SMILES string of the molecule is CCCN(CCBr)S(=O)(=O)c1cn(CC)c(C)n1. The van der Waals surface area contributed by atoms with Crippen LogP contribution in [0.4, 0.5) is 0 Å². The van der Waals surface area contributed by atoms with Gasteiger partial charge in [0.15, 0.2) is 5.03 Å². The lowest BCUT2D eigenvalue weighted by molar-refractivity contribution is 0.428. The Morgan fingerprint density at radius 1 is 1.39 bits per heavy atom. The van der Waals surface area contributed by atoms with Crippen molar-refractivity contribution in [2.24, 2.45) is 0 Å². The molecule has 0 unspecified atom stereocenters. The van der Waals surface area contributed by atoms with E-state index in [0.29, 0.717) is 18.4 Å². The number of nitrogens with zero attached hydrogens (tertiary/aromatic N) is 3. The Bertz CT molecular complexity index is 478. The average Bonchev–Trinajstić information content (AvgIpc) is 2.71. The van der Waals surface area contributed by atoms with E-state index in [4.69, 9.17) is 0 Å². The van der Waals surface area contributed by atoms with Gasteiger partial charge in [0.05, 0.1) is 0 Å². The van der Waals surface area contributed by atoms with Gasteiger partial charge in [-0.25, -0.2) is 13.4 Å². The number of halogens is 1. The highest BCUT2D eigenvalue weighted by Gasteiger charge is 2.26. The molecule has 0 aromatic carbocycles. The van der Waals surface area contributed by atoms with Gasteiger partial charge in [0.25, 0.3) is 10.0 Å². The number of sulfonamides is 1. The third-order valence-electron chi connectivity index (χ3n) is 2.71. The Morgan fingerprint density at radius 2 is 2.06 bits per heavy atom. The second-order valence-corrected chi connectivity index (χ2v) is 6.68. The van der Waals surface area contributed by atoms with Crippen LogP contribution < -0.4 is 0 Å². The van der Waals surface area contributed by atoms with Crippen molar-refractivity contribution >= 4 is 26.0 Å². The summed E-state index contributed by atoms with van der Waals surface area (Å²) >= 11 is 3.29. The fourth-order valence-corrected chi connectivity index (χ4v) is 3.94. The van der Waals surface area contributed by atoms with Crippen molar-refractivity contribution in [1.82, 2.24) is 13.9 Å². The standard InChI is InChI=1S/C11H20BrN3O2S/c1-4-7-15(8-6-12)18(16,17)11-9-14(5-2)10(3)13-11/h9H,4-8H2,1-3H3. The maximum atomic E-state index is 12.4. The van der Waals surface area contributed by atoms with Crippen LogP contribution in [0.15, 0.2) is 11.2 Å². The van der Waals surface area contributed by atoms with Crippen molar-refractivity contribution in [1.29, 1.82) is 0 Å². The Hall–Kier alpha value is -0.400. The highest BCUT2D eigenvalue weighted by Crippen LogP contribution is 2.16. The minimum Gasteiger partial charge on any atom is -0.334 e. The van der Waals surface area contributed by atoms with Gasteiger partial charge in [-0.3, -0.25) is 0 Å². The molecule has 0 aliphatic rings. The summed E-state index contributed by atoms with van der Waals surface area (Å²) in [6, 6.07) is 0. The van der Waals surface area contributed by atoms with Crippen LogP contribution in [-0.4, -0.2) is 40.7 Å². The zero-order valence-electron chi connectivity index (χ0n) is 11.1. The van der Waals surface area contributed by atoms with Crippen LogP contribution >= 0.6 is 15.9 Å². The van der Waals surface area contributed by atoms with Gasteiger partial charge in [0, 0.05) is 31.2 Å². The molecule has 0 radical (unpaired) electrons. The molecule has 0 aliphatic carbocycles. The third-order valence-corrected chi connectivity index (χ3v) is 4.83. The van der Waals surface area contributed by atoms with Crippen molar-refractivity contribution in [3.8, 4) is 0 Å². The molecule has 1 heterocycles. The monoisotopic (exact) mass is 337 g/mol. The molecule has 0 N–H and O–H groups in total. The van der Waals surface area contributed by atoms with Crippen molar-refractivity contribution in [2.75, 3.05) is 18.4 Å². The molecule has 0 amide bonds. The van der Waals surface area contributed by atoms with E-state index in [2.05, 4.69) is 20.9 Å². The summed E-state index contributed by atoms with van der Waals surface area (Å²) in [5.74, 6) is 0.728. The van der Waals surface area contributed by atoms with Crippen LogP contribution in [0, 0.1) is 6.92 Å². The van der Waals surface area contributed by atoms with Crippen LogP contribution in [0.3, 0.4) is 0 Å². The first-order chi connectivity index (χ1) is 8.47. The molecular weight excluding hydrogens is 318 g/mol. The number of rotatable bonds is 7. The summed E-state index contributed by atoms with van der Waals surface area (Å²) < 4.78 is 28.2. The van der Waals surface area contributed by atoms with Gasteiger partial charge in [-0.05, 0) is 20.3 Å². The van der Waals surface area contributed by atoms with Crippen molar-refractivity contribution in [3.63, 3.8) is 0 Å². The van der Waals surface area contributed by atoms with Crippen LogP contribution in [0.2, 0.25) is 0 Å². The normalized spacial score (nSPS) is 12.3. The van der Waals surface area contributed by atoms with E-state index < -0.39 is 10.0 Å². The molecular formula is C11H20BrN3O2S. The number of imidazole rings is 1. The molecule has 0 saturated carbocycles. The number of alkyl halides is 1. The van der Waals surface area contributed by atoms with E-state index in [1.807, 2.05) is 25.3 Å². The van der Waals surface area contributed by atoms with E-state index in [1.165, 1.54) is 4.31 Å². The topological polar surface area (TPSA) is 55.2 Å². The summed E-state index contributed by atoms with van der Waals surface area (Å²) in [5.41, 5.74) is 0. The third kappa shape index (κ3) is 3.33. The van der Waals surface area contributed by atoms with Crippen LogP contribution in [0.5, 0.6) is 0 Å². The Balaban J connectivity index is 3.09. The Labute approximate surface area is 117 Å². The molecule has 0 atom stereocenters. The highest BCUT2D eigenvalue weighted by atomic mass is 79.9. The molecule has 104 valence electrons. The zero-order valence-corrected chi connectivity index (χ0v) is 13.5. The fourth-order valence-electron chi connectivity index (χ4n) is 1.75. The largest absolute Gasteiger partial charge is 0.334 e. The van der Waals surface area contributed by atoms with E-state index in [-0.39, 0.29) is 5.03 Å². The molecule has 0 aliphatic heterocycles. The van der Waals surface area contributed by atoms with Gasteiger partial charge in [0.1, 0.15) is 5.82 Å². The predicted molar refractivity (Wildman–Crippen MR) is 75.5 cm³/mol. The second kappa shape index (κ2) is 6.68. The first kappa shape index (κ1) is 15.7. The molecule has 1 aromatic heterocycles. The lowest BCUT2D eigenvalue weighted by atomic mass is 10.5. The summed E-state index contributed by atoms with van der Waals surface area (Å²) in [7, 11) is -3.47. The average molecular weight is 338 g/mol. The van der Waals surface area contributed by atoms with Crippen LogP contribution in [0.1, 0.15) is 26.1 Å². The van der Waals surface area contributed by atoms with Gasteiger partial charge >= 0.3 is 0 Å². The second-order valence-electron chi connectivity index (χ2n) is 4.01. The molecule has 5 nitrogen and oxygen atoms in total. The molecule has 0 fully saturated rings. The predicted octanol–water partition coefficient (Wildman–Crippen LogP) is 2.01. The quantitative estimate of drug-likeness (QED) is 0.715. The Kier molecular flexibility index (Phi) is 5.81. The van der Waals surface area contributed by atoms with Crippen LogP contribution in [0.25, 0.3) is 0 Å². The van der Waals surface area contributed by atoms with Gasteiger partial charge in [-0.2, -0.15) is 4.31 Å². The van der Waals surface area contributed by atoms with Crippen LogP contribution in [-0.2, 0) is 16.6 Å². The summed E-state index contributed by atoms with van der Waals surface area (Å²) in [6.45, 7) is 7.46. The van der Waals surface area contributed by atoms with Crippen molar-refractivity contribution in [3.05, 3.63) is 12.0 Å². The lowest BCUT2D eigenvalue weighted by Gasteiger charge is -2.18. The minimum atomic E-state index is -3.47. The number of hydrogen-bond donors (Lipinski definition) is 0. The first-order valence-electron chi connectivity index (χ1n) is 6.07. The molecule has 18 heavy (non-hydrogen) atoms. The van der Waals surface area contributed by atoms with Gasteiger partial charge in [-0.15, -0.1) is 0 Å². The van der Waals surface area contributed by atoms with E-state index in [1.54, 1.807) is 6.20 Å². The zero-order chi connectivity index (χ0) is 13.8. The molecule has 0 bridgehead atoms. The maximum Gasteiger partial charge on any atom is 0.262 e. The molecule has 1 aromatic rings. The highest BCUT2D eigenvalue weighted by molar-refractivity contribution is 9.09. The van der Waals surface area contributed by atoms with E-state index in [0.717, 1.165) is 18.8 Å². The minimum absolute atomic E-state index is 0.149. The lowest BCUT2D eigenvalue weighted by Crippen LogP contribution is -2.33. The first-order valence-corrected chi connectivity index (χ1v) is 8.63. The summed E-state index contributed by atoms with van der Waals surface area (Å²) in [6.07, 6.45) is 2.40. The smallest absolute Gasteiger partial charge is 0.262 e. The maximum absolute atomic E-state index is 12.4. The van der Waals surface area contributed by atoms with Gasteiger partial charge in [-0.1, -0.05) is 22.9 Å². The van der Waals surface area contributed by atoms with Crippen molar-refractivity contribution in [2.45, 2.75) is 38.8 Å². The van der Waals surface area contributed by atoms with E-state index >= 15 is 0 Å². The molecule has 1 rings (SSSR count). The fraction of sp³-hybridized carbons (Fsp3) is 0.727. The molecule has 0 saturated heterocycles. The summed E-state index contributed by atoms with van der Waals surface area (Å²) in [5, 5.41) is 0.774.